The summed E-state index contributed by atoms with van der Waals surface area (Å²) in [5.41, 5.74) is 4.05. The molecule has 27 heavy (non-hydrogen) atoms. The van der Waals surface area contributed by atoms with Crippen molar-refractivity contribution in [2.45, 2.75) is 19.4 Å². The number of hydrogen-bond donors (Lipinski definition) is 0. The lowest BCUT2D eigenvalue weighted by Crippen LogP contribution is -2.48. The summed E-state index contributed by atoms with van der Waals surface area (Å²) in [5, 5.41) is 0. The number of piperazine rings is 1. The van der Waals surface area contributed by atoms with Crippen LogP contribution in [0, 0.1) is 5.92 Å². The summed E-state index contributed by atoms with van der Waals surface area (Å²) in [6.45, 7) is 9.83. The fraction of sp³-hybridized carbons (Fsp3) is 0.500. The molecule has 2 heterocycles. The smallest absolute Gasteiger partial charge is 0.0233 e. The van der Waals surface area contributed by atoms with E-state index in [1.165, 1.54) is 75.3 Å². The molecule has 144 valence electrons. The van der Waals surface area contributed by atoms with E-state index in [2.05, 4.69) is 76.3 Å². The molecule has 2 aromatic rings. The minimum Gasteiger partial charge on any atom is -0.304 e. The van der Waals surface area contributed by atoms with E-state index in [1.807, 2.05) is 0 Å². The molecule has 3 heteroatoms. The van der Waals surface area contributed by atoms with Crippen molar-refractivity contribution < 1.29 is 0 Å². The van der Waals surface area contributed by atoms with Gasteiger partial charge in [0.1, 0.15) is 0 Å². The van der Waals surface area contributed by atoms with Crippen LogP contribution in [0.15, 0.2) is 54.6 Å². The second-order valence-corrected chi connectivity index (χ2v) is 8.41. The highest BCUT2D eigenvalue weighted by Gasteiger charge is 2.23. The first-order valence-corrected chi connectivity index (χ1v) is 10.5. The summed E-state index contributed by atoms with van der Waals surface area (Å²) in [5.74, 6) is 0.839. The summed E-state index contributed by atoms with van der Waals surface area (Å²) in [4.78, 5) is 7.80. The van der Waals surface area contributed by atoms with Crippen LogP contribution in [0.4, 0.5) is 0 Å². The van der Waals surface area contributed by atoms with Crippen LogP contribution < -0.4 is 0 Å². The maximum atomic E-state index is 2.68. The third-order valence-corrected chi connectivity index (χ3v) is 6.18. The van der Waals surface area contributed by atoms with Gasteiger partial charge in [-0.25, -0.2) is 0 Å². The van der Waals surface area contributed by atoms with Crippen LogP contribution in [0.1, 0.15) is 18.4 Å². The molecule has 0 N–H and O–H groups in total. The molecule has 3 nitrogen and oxygen atoms in total. The Balaban J connectivity index is 1.30. The number of rotatable bonds is 5. The fourth-order valence-electron chi connectivity index (χ4n) is 4.53. The molecule has 2 saturated heterocycles. The Labute approximate surface area is 164 Å². The third-order valence-electron chi connectivity index (χ3n) is 6.18. The Bertz CT molecular complexity index is 689. The number of hydrogen-bond acceptors (Lipinski definition) is 3. The van der Waals surface area contributed by atoms with Gasteiger partial charge in [-0.2, -0.15) is 0 Å². The molecule has 0 spiro atoms. The normalized spacial score (nSPS) is 22.8. The van der Waals surface area contributed by atoms with Gasteiger partial charge in [0.25, 0.3) is 0 Å². The highest BCUT2D eigenvalue weighted by Crippen LogP contribution is 2.23. The lowest BCUT2D eigenvalue weighted by molar-refractivity contribution is 0.0966. The zero-order valence-corrected chi connectivity index (χ0v) is 16.7. The van der Waals surface area contributed by atoms with Crippen LogP contribution in [0.5, 0.6) is 0 Å². The maximum Gasteiger partial charge on any atom is 0.0233 e. The van der Waals surface area contributed by atoms with Gasteiger partial charge in [-0.1, -0.05) is 54.6 Å². The maximum absolute atomic E-state index is 2.68. The number of nitrogens with zero attached hydrogens (tertiary/aromatic N) is 3. The van der Waals surface area contributed by atoms with Gasteiger partial charge in [0, 0.05) is 45.8 Å². The molecule has 0 amide bonds. The molecule has 0 radical (unpaired) electrons. The van der Waals surface area contributed by atoms with E-state index in [1.54, 1.807) is 0 Å². The predicted octanol–water partition coefficient (Wildman–Crippen LogP) is 3.81. The standard InChI is InChI=1S/C24H33N3/c1-25-14-16-26(17-15-25)19-22-6-5-13-27(20-22)18-21-9-11-24(12-10-21)23-7-3-2-4-8-23/h2-4,7-12,22H,5-6,13-20H2,1H3/t22-/m0/s1. The monoisotopic (exact) mass is 363 g/mol. The molecule has 2 aromatic carbocycles. The average Bonchev–Trinajstić information content (AvgIpc) is 2.71. The minimum absolute atomic E-state index is 0.839. The van der Waals surface area contributed by atoms with Gasteiger partial charge in [-0.15, -0.1) is 0 Å². The van der Waals surface area contributed by atoms with E-state index >= 15 is 0 Å². The van der Waals surface area contributed by atoms with Crippen LogP contribution in [0.3, 0.4) is 0 Å². The lowest BCUT2D eigenvalue weighted by Gasteiger charge is -2.38. The fourth-order valence-corrected chi connectivity index (χ4v) is 4.53. The van der Waals surface area contributed by atoms with Gasteiger partial charge in [-0.05, 0) is 49.0 Å². The number of likely N-dealkylation sites (tertiary alicyclic amines) is 1. The minimum atomic E-state index is 0.839. The summed E-state index contributed by atoms with van der Waals surface area (Å²) < 4.78 is 0. The summed E-state index contributed by atoms with van der Waals surface area (Å²) in [6, 6.07) is 19.8. The van der Waals surface area contributed by atoms with E-state index in [0.29, 0.717) is 0 Å². The number of piperidine rings is 1. The van der Waals surface area contributed by atoms with Gasteiger partial charge in [0.2, 0.25) is 0 Å². The second kappa shape index (κ2) is 9.01. The Morgan fingerprint density at radius 1 is 0.778 bits per heavy atom. The zero-order valence-electron chi connectivity index (χ0n) is 16.7. The second-order valence-electron chi connectivity index (χ2n) is 8.41. The summed E-state index contributed by atoms with van der Waals surface area (Å²) in [7, 11) is 2.24. The van der Waals surface area contributed by atoms with Crippen LogP contribution >= 0.6 is 0 Å². The molecule has 0 aliphatic carbocycles. The van der Waals surface area contributed by atoms with Gasteiger partial charge < -0.3 is 9.80 Å². The molecule has 2 aliphatic rings. The Hall–Kier alpha value is -1.68. The van der Waals surface area contributed by atoms with E-state index in [-0.39, 0.29) is 0 Å². The average molecular weight is 364 g/mol. The Kier molecular flexibility index (Phi) is 6.23. The topological polar surface area (TPSA) is 9.72 Å². The van der Waals surface area contributed by atoms with E-state index < -0.39 is 0 Å². The molecular formula is C24H33N3. The Morgan fingerprint density at radius 3 is 2.22 bits per heavy atom. The number of benzene rings is 2. The first kappa shape index (κ1) is 18.7. The van der Waals surface area contributed by atoms with Crippen molar-refractivity contribution in [2.24, 2.45) is 5.92 Å². The first-order valence-electron chi connectivity index (χ1n) is 10.5. The largest absolute Gasteiger partial charge is 0.304 e. The van der Waals surface area contributed by atoms with Gasteiger partial charge in [0.15, 0.2) is 0 Å². The highest BCUT2D eigenvalue weighted by molar-refractivity contribution is 5.63. The molecule has 1 atom stereocenters. The van der Waals surface area contributed by atoms with Crippen molar-refractivity contribution in [3.05, 3.63) is 60.2 Å². The lowest BCUT2D eigenvalue weighted by atomic mass is 9.96. The van der Waals surface area contributed by atoms with Crippen LogP contribution in [0.2, 0.25) is 0 Å². The van der Waals surface area contributed by atoms with E-state index in [4.69, 9.17) is 0 Å². The first-order chi connectivity index (χ1) is 13.3. The van der Waals surface area contributed by atoms with Gasteiger partial charge in [-0.3, -0.25) is 4.90 Å². The van der Waals surface area contributed by atoms with Crippen LogP contribution in [-0.4, -0.2) is 67.6 Å². The molecule has 0 unspecified atom stereocenters. The quantitative estimate of drug-likeness (QED) is 0.800. The molecule has 0 bridgehead atoms. The molecule has 2 fully saturated rings. The molecular weight excluding hydrogens is 330 g/mol. The van der Waals surface area contributed by atoms with E-state index in [9.17, 15) is 0 Å². The Morgan fingerprint density at radius 2 is 1.48 bits per heavy atom. The summed E-state index contributed by atoms with van der Waals surface area (Å²) in [6.07, 6.45) is 2.75. The van der Waals surface area contributed by atoms with Crippen molar-refractivity contribution in [2.75, 3.05) is 52.9 Å². The van der Waals surface area contributed by atoms with Crippen LogP contribution in [0.25, 0.3) is 11.1 Å². The molecule has 0 saturated carbocycles. The van der Waals surface area contributed by atoms with Crippen molar-refractivity contribution in [1.29, 1.82) is 0 Å². The van der Waals surface area contributed by atoms with Crippen LogP contribution in [-0.2, 0) is 6.54 Å². The van der Waals surface area contributed by atoms with Crippen molar-refractivity contribution in [3.63, 3.8) is 0 Å². The number of likely N-dealkylation sites (N-methyl/N-ethyl adjacent to an activating group) is 1. The van der Waals surface area contributed by atoms with Crippen molar-refractivity contribution >= 4 is 0 Å². The van der Waals surface area contributed by atoms with Crippen molar-refractivity contribution in [3.8, 4) is 11.1 Å². The highest BCUT2D eigenvalue weighted by atomic mass is 15.2. The SMILES string of the molecule is CN1CCN(C[C@@H]2CCCN(Cc3ccc(-c4ccccc4)cc3)C2)CC1. The summed E-state index contributed by atoms with van der Waals surface area (Å²) >= 11 is 0. The predicted molar refractivity (Wildman–Crippen MR) is 114 cm³/mol. The third kappa shape index (κ3) is 5.19. The van der Waals surface area contributed by atoms with Gasteiger partial charge >= 0.3 is 0 Å². The molecule has 4 rings (SSSR count). The molecule has 0 aromatic heterocycles. The zero-order chi connectivity index (χ0) is 18.5. The van der Waals surface area contributed by atoms with E-state index in [0.717, 1.165) is 12.5 Å². The van der Waals surface area contributed by atoms with Gasteiger partial charge in [0.05, 0.1) is 0 Å². The molecule has 2 aliphatic heterocycles. The van der Waals surface area contributed by atoms with Crippen molar-refractivity contribution in [1.82, 2.24) is 14.7 Å².